The zero-order valence-corrected chi connectivity index (χ0v) is 7.66. The van der Waals surface area contributed by atoms with Crippen LogP contribution in [0.4, 0.5) is 0 Å². The highest BCUT2D eigenvalue weighted by atomic mass is 16.1. The summed E-state index contributed by atoms with van der Waals surface area (Å²) in [4.78, 5) is 11.3. The van der Waals surface area contributed by atoms with Crippen LogP contribution in [-0.4, -0.2) is 22.9 Å². The fourth-order valence-electron chi connectivity index (χ4n) is 1.40. The van der Waals surface area contributed by atoms with Crippen molar-refractivity contribution in [1.29, 1.82) is 0 Å². The molecule has 0 aromatic carbocycles. The number of aromatic nitrogens is 2. The molecule has 1 fully saturated rings. The minimum atomic E-state index is -0.00231. The fraction of sp³-hybridized carbons (Fsp3) is 0.556. The maximum atomic E-state index is 11.3. The van der Waals surface area contributed by atoms with E-state index in [0.29, 0.717) is 5.92 Å². The lowest BCUT2D eigenvalue weighted by Crippen LogP contribution is -2.45. The van der Waals surface area contributed by atoms with Crippen molar-refractivity contribution in [3.05, 3.63) is 28.2 Å². The van der Waals surface area contributed by atoms with Gasteiger partial charge in [-0.2, -0.15) is 5.10 Å². The van der Waals surface area contributed by atoms with Crippen LogP contribution in [0.1, 0.15) is 5.69 Å². The van der Waals surface area contributed by atoms with Crippen molar-refractivity contribution in [3.63, 3.8) is 0 Å². The molecule has 1 aromatic rings. The standard InChI is InChI=1S/C9H13N3O/c1-7-2-3-9(13)12(11-7)6-8-4-10-5-8/h2-3,8,10H,4-6H2,1H3. The van der Waals surface area contributed by atoms with Crippen LogP contribution < -0.4 is 10.9 Å². The third kappa shape index (κ3) is 1.78. The summed E-state index contributed by atoms with van der Waals surface area (Å²) < 4.78 is 1.56. The quantitative estimate of drug-likeness (QED) is 0.682. The molecule has 1 N–H and O–H groups in total. The van der Waals surface area contributed by atoms with Gasteiger partial charge in [0.15, 0.2) is 0 Å². The Morgan fingerprint density at radius 1 is 1.62 bits per heavy atom. The highest BCUT2D eigenvalue weighted by molar-refractivity contribution is 4.97. The Labute approximate surface area is 76.6 Å². The first-order valence-corrected chi connectivity index (χ1v) is 4.51. The normalized spacial score (nSPS) is 17.0. The first-order valence-electron chi connectivity index (χ1n) is 4.51. The van der Waals surface area contributed by atoms with Crippen LogP contribution in [0.3, 0.4) is 0 Å². The number of nitrogens with zero attached hydrogens (tertiary/aromatic N) is 2. The highest BCUT2D eigenvalue weighted by Gasteiger charge is 2.17. The molecule has 0 saturated carbocycles. The third-order valence-electron chi connectivity index (χ3n) is 2.30. The third-order valence-corrected chi connectivity index (χ3v) is 2.30. The highest BCUT2D eigenvalue weighted by Crippen LogP contribution is 2.03. The molecular weight excluding hydrogens is 166 g/mol. The summed E-state index contributed by atoms with van der Waals surface area (Å²) in [6.45, 7) is 4.65. The molecule has 4 heteroatoms. The summed E-state index contributed by atoms with van der Waals surface area (Å²) >= 11 is 0. The smallest absolute Gasteiger partial charge is 0.266 e. The largest absolute Gasteiger partial charge is 0.316 e. The molecule has 4 nitrogen and oxygen atoms in total. The molecule has 0 unspecified atom stereocenters. The molecule has 0 aliphatic carbocycles. The summed E-state index contributed by atoms with van der Waals surface area (Å²) in [7, 11) is 0. The van der Waals surface area contributed by atoms with E-state index in [-0.39, 0.29) is 5.56 Å². The van der Waals surface area contributed by atoms with Gasteiger partial charge in [-0.15, -0.1) is 0 Å². The van der Waals surface area contributed by atoms with E-state index in [0.717, 1.165) is 25.3 Å². The molecule has 1 aromatic heterocycles. The van der Waals surface area contributed by atoms with Gasteiger partial charge in [0.25, 0.3) is 5.56 Å². The van der Waals surface area contributed by atoms with Gasteiger partial charge in [0.05, 0.1) is 12.2 Å². The van der Waals surface area contributed by atoms with E-state index < -0.39 is 0 Å². The molecule has 2 rings (SSSR count). The SMILES string of the molecule is Cc1ccc(=O)n(CC2CNC2)n1. The predicted octanol–water partition coefficient (Wildman–Crippen LogP) is -0.229. The lowest BCUT2D eigenvalue weighted by Gasteiger charge is -2.26. The van der Waals surface area contributed by atoms with Crippen molar-refractivity contribution < 1.29 is 0 Å². The second-order valence-electron chi connectivity index (χ2n) is 3.52. The van der Waals surface area contributed by atoms with Crippen LogP contribution in [0.5, 0.6) is 0 Å². The van der Waals surface area contributed by atoms with Gasteiger partial charge in [0.1, 0.15) is 0 Å². The lowest BCUT2D eigenvalue weighted by molar-refractivity contribution is 0.289. The molecule has 0 amide bonds. The van der Waals surface area contributed by atoms with Crippen LogP contribution in [0.2, 0.25) is 0 Å². The number of hydrogen-bond acceptors (Lipinski definition) is 3. The molecule has 13 heavy (non-hydrogen) atoms. The number of nitrogens with one attached hydrogen (secondary N) is 1. The Morgan fingerprint density at radius 2 is 2.38 bits per heavy atom. The van der Waals surface area contributed by atoms with E-state index in [4.69, 9.17) is 0 Å². The summed E-state index contributed by atoms with van der Waals surface area (Å²) in [5, 5.41) is 7.34. The van der Waals surface area contributed by atoms with Gasteiger partial charge in [-0.25, -0.2) is 4.68 Å². The average molecular weight is 179 g/mol. The second kappa shape index (κ2) is 3.30. The van der Waals surface area contributed by atoms with Gasteiger partial charge in [-0.1, -0.05) is 0 Å². The number of aryl methyl sites for hydroxylation is 1. The van der Waals surface area contributed by atoms with Gasteiger partial charge < -0.3 is 5.32 Å². The minimum Gasteiger partial charge on any atom is -0.316 e. The van der Waals surface area contributed by atoms with Crippen molar-refractivity contribution >= 4 is 0 Å². The van der Waals surface area contributed by atoms with E-state index in [1.807, 2.05) is 6.92 Å². The number of rotatable bonds is 2. The van der Waals surface area contributed by atoms with Crippen LogP contribution >= 0.6 is 0 Å². The molecule has 0 spiro atoms. The Hall–Kier alpha value is -1.16. The molecular formula is C9H13N3O. The van der Waals surface area contributed by atoms with Gasteiger partial charge >= 0.3 is 0 Å². The van der Waals surface area contributed by atoms with Crippen molar-refractivity contribution in [3.8, 4) is 0 Å². The fourth-order valence-corrected chi connectivity index (χ4v) is 1.40. The Balaban J connectivity index is 2.17. The van der Waals surface area contributed by atoms with Gasteiger partial charge in [0.2, 0.25) is 0 Å². The minimum absolute atomic E-state index is 0.00231. The van der Waals surface area contributed by atoms with Crippen LogP contribution in [0.15, 0.2) is 16.9 Å². The monoisotopic (exact) mass is 179 g/mol. The van der Waals surface area contributed by atoms with E-state index in [1.165, 1.54) is 0 Å². The van der Waals surface area contributed by atoms with E-state index in [9.17, 15) is 4.79 Å². The Bertz CT molecular complexity index is 354. The maximum absolute atomic E-state index is 11.3. The Morgan fingerprint density at radius 3 is 3.00 bits per heavy atom. The summed E-state index contributed by atoms with van der Waals surface area (Å²) in [5.74, 6) is 0.576. The van der Waals surface area contributed by atoms with Crippen LogP contribution in [0, 0.1) is 12.8 Å². The first-order chi connectivity index (χ1) is 6.25. The van der Waals surface area contributed by atoms with Gasteiger partial charge in [-0.05, 0) is 13.0 Å². The number of hydrogen-bond donors (Lipinski definition) is 1. The first kappa shape index (κ1) is 8.44. The molecule has 2 heterocycles. The molecule has 0 atom stereocenters. The van der Waals surface area contributed by atoms with Gasteiger partial charge in [0, 0.05) is 25.1 Å². The summed E-state index contributed by atoms with van der Waals surface area (Å²) in [6, 6.07) is 3.33. The van der Waals surface area contributed by atoms with E-state index in [2.05, 4.69) is 10.4 Å². The predicted molar refractivity (Wildman–Crippen MR) is 49.6 cm³/mol. The second-order valence-corrected chi connectivity index (χ2v) is 3.52. The zero-order valence-electron chi connectivity index (χ0n) is 7.66. The van der Waals surface area contributed by atoms with E-state index >= 15 is 0 Å². The molecule has 1 aliphatic heterocycles. The molecule has 70 valence electrons. The molecule has 1 saturated heterocycles. The summed E-state index contributed by atoms with van der Waals surface area (Å²) in [5.41, 5.74) is 0.893. The van der Waals surface area contributed by atoms with Crippen molar-refractivity contribution in [2.75, 3.05) is 13.1 Å². The van der Waals surface area contributed by atoms with Crippen molar-refractivity contribution in [2.45, 2.75) is 13.5 Å². The maximum Gasteiger partial charge on any atom is 0.266 e. The lowest BCUT2D eigenvalue weighted by atomic mass is 10.0. The topological polar surface area (TPSA) is 46.9 Å². The zero-order chi connectivity index (χ0) is 9.26. The van der Waals surface area contributed by atoms with Crippen LogP contribution in [-0.2, 0) is 6.54 Å². The van der Waals surface area contributed by atoms with Crippen molar-refractivity contribution in [2.24, 2.45) is 5.92 Å². The van der Waals surface area contributed by atoms with Crippen molar-refractivity contribution in [1.82, 2.24) is 15.1 Å². The summed E-state index contributed by atoms with van der Waals surface area (Å²) in [6.07, 6.45) is 0. The molecule has 0 radical (unpaired) electrons. The molecule has 0 bridgehead atoms. The Kier molecular flexibility index (Phi) is 2.14. The average Bonchev–Trinajstić information content (AvgIpc) is 2.03. The molecule has 1 aliphatic rings. The van der Waals surface area contributed by atoms with Crippen LogP contribution in [0.25, 0.3) is 0 Å². The van der Waals surface area contributed by atoms with E-state index in [1.54, 1.807) is 16.8 Å². The van der Waals surface area contributed by atoms with Gasteiger partial charge in [-0.3, -0.25) is 4.79 Å².